The predicted octanol–water partition coefficient (Wildman–Crippen LogP) is 3.27. The number of amides is 2. The van der Waals surface area contributed by atoms with Gasteiger partial charge in [0.1, 0.15) is 12.6 Å². The van der Waals surface area contributed by atoms with Crippen LogP contribution in [0.5, 0.6) is 11.5 Å². The molecule has 2 aromatic rings. The van der Waals surface area contributed by atoms with Crippen LogP contribution in [0.2, 0.25) is 5.02 Å². The number of para-hydroxylation sites is 1. The number of hydrogen-bond acceptors (Lipinski definition) is 5. The van der Waals surface area contributed by atoms with Gasteiger partial charge in [-0.1, -0.05) is 49.6 Å². The number of hydrogen-bond donors (Lipinski definition) is 2. The van der Waals surface area contributed by atoms with E-state index in [4.69, 9.17) is 27.5 Å². The molecule has 8 heteroatoms. The number of carbonyl (C=O) groups excluding carboxylic acids is 2. The van der Waals surface area contributed by atoms with Crippen molar-refractivity contribution in [3.8, 4) is 23.8 Å². The van der Waals surface area contributed by atoms with Gasteiger partial charge in [-0.3, -0.25) is 9.59 Å². The molecule has 0 saturated heterocycles. The van der Waals surface area contributed by atoms with Crippen LogP contribution in [-0.2, 0) is 4.79 Å². The van der Waals surface area contributed by atoms with Gasteiger partial charge < -0.3 is 14.8 Å². The summed E-state index contributed by atoms with van der Waals surface area (Å²) in [7, 11) is 1.51. The molecular formula is C23H24ClN3O4. The van der Waals surface area contributed by atoms with E-state index < -0.39 is 17.9 Å². The third-order valence-electron chi connectivity index (χ3n) is 4.26. The van der Waals surface area contributed by atoms with Crippen molar-refractivity contribution >= 4 is 29.6 Å². The van der Waals surface area contributed by atoms with Crippen LogP contribution in [0.1, 0.15) is 29.8 Å². The molecule has 0 spiro atoms. The van der Waals surface area contributed by atoms with Crippen LogP contribution >= 0.6 is 11.6 Å². The highest BCUT2D eigenvalue weighted by Crippen LogP contribution is 2.29. The summed E-state index contributed by atoms with van der Waals surface area (Å²) in [6, 6.07) is 11.0. The van der Waals surface area contributed by atoms with Gasteiger partial charge >= 0.3 is 0 Å². The molecule has 0 aromatic heterocycles. The van der Waals surface area contributed by atoms with Gasteiger partial charge in [0.05, 0.1) is 23.9 Å². The first-order valence-electron chi connectivity index (χ1n) is 9.50. The van der Waals surface area contributed by atoms with Gasteiger partial charge in [0.15, 0.2) is 11.5 Å². The monoisotopic (exact) mass is 441 g/mol. The first-order chi connectivity index (χ1) is 14.9. The van der Waals surface area contributed by atoms with Crippen molar-refractivity contribution < 1.29 is 19.1 Å². The molecule has 0 radical (unpaired) electrons. The van der Waals surface area contributed by atoms with Gasteiger partial charge in [-0.2, -0.15) is 5.10 Å². The fourth-order valence-electron chi connectivity index (χ4n) is 2.70. The molecule has 1 unspecified atom stereocenters. The van der Waals surface area contributed by atoms with Crippen LogP contribution < -0.4 is 20.2 Å². The van der Waals surface area contributed by atoms with Crippen molar-refractivity contribution in [2.24, 2.45) is 11.0 Å². The number of hydrazone groups is 1. The van der Waals surface area contributed by atoms with Gasteiger partial charge in [0, 0.05) is 5.56 Å². The topological polar surface area (TPSA) is 89.0 Å². The number of benzene rings is 2. The Kier molecular flexibility index (Phi) is 8.92. The quantitative estimate of drug-likeness (QED) is 0.355. The Bertz CT molecular complexity index is 999. The van der Waals surface area contributed by atoms with Crippen LogP contribution in [0.15, 0.2) is 47.6 Å². The lowest BCUT2D eigenvalue weighted by molar-refractivity contribution is -0.123. The number of methoxy groups -OCH3 is 1. The number of nitrogens with one attached hydrogen (secondary N) is 2. The third-order valence-corrected chi connectivity index (χ3v) is 4.59. The lowest BCUT2D eigenvalue weighted by atomic mass is 10.0. The summed E-state index contributed by atoms with van der Waals surface area (Å²) in [6.07, 6.45) is 6.68. The molecule has 2 aromatic carbocycles. The Hall–Kier alpha value is -3.50. The highest BCUT2D eigenvalue weighted by molar-refractivity contribution is 6.33. The number of carbonyl (C=O) groups is 2. The Morgan fingerprint density at radius 1 is 1.23 bits per heavy atom. The molecule has 0 bridgehead atoms. The Morgan fingerprint density at radius 3 is 2.61 bits per heavy atom. The zero-order valence-corrected chi connectivity index (χ0v) is 18.3. The minimum absolute atomic E-state index is 0.0527. The van der Waals surface area contributed by atoms with Gasteiger partial charge in [0.2, 0.25) is 0 Å². The second-order valence-electron chi connectivity index (χ2n) is 6.78. The Balaban J connectivity index is 2.12. The van der Waals surface area contributed by atoms with E-state index in [-0.39, 0.29) is 18.1 Å². The summed E-state index contributed by atoms with van der Waals surface area (Å²) >= 11 is 6.07. The number of terminal acetylenes is 1. The molecule has 2 amide bonds. The summed E-state index contributed by atoms with van der Waals surface area (Å²) < 4.78 is 10.8. The maximum absolute atomic E-state index is 12.7. The molecule has 0 fully saturated rings. The average molecular weight is 442 g/mol. The molecule has 1 atom stereocenters. The van der Waals surface area contributed by atoms with Crippen molar-refractivity contribution in [2.75, 3.05) is 13.7 Å². The Labute approximate surface area is 186 Å². The normalized spacial score (nSPS) is 11.6. The molecule has 0 saturated carbocycles. The number of nitrogens with zero attached hydrogens (tertiary/aromatic N) is 1. The van der Waals surface area contributed by atoms with Crippen molar-refractivity contribution in [3.05, 3.63) is 58.6 Å². The standard InChI is InChI=1S/C23H24ClN3O4/c1-5-13-31-21-16(9-8-12-19(21)30-4)14-25-27-23(29)20(15(2)3)26-22(28)17-10-6-7-11-18(17)24/h1,6-12,14-15,20H,13H2,2-4H3,(H,26,28)(H,27,29)/b25-14+. The van der Waals surface area contributed by atoms with Gasteiger partial charge in [-0.25, -0.2) is 5.43 Å². The van der Waals surface area contributed by atoms with E-state index in [1.54, 1.807) is 42.5 Å². The second-order valence-corrected chi connectivity index (χ2v) is 7.19. The largest absolute Gasteiger partial charge is 0.493 e. The molecule has 2 N–H and O–H groups in total. The fourth-order valence-corrected chi connectivity index (χ4v) is 2.92. The van der Waals surface area contributed by atoms with Gasteiger partial charge in [-0.15, -0.1) is 6.42 Å². The smallest absolute Gasteiger partial charge is 0.262 e. The molecular weight excluding hydrogens is 418 g/mol. The fraction of sp³-hybridized carbons (Fsp3) is 0.261. The molecule has 0 aliphatic rings. The molecule has 0 aliphatic heterocycles. The van der Waals surface area contributed by atoms with E-state index in [9.17, 15) is 9.59 Å². The Morgan fingerprint density at radius 2 is 1.97 bits per heavy atom. The van der Waals surface area contributed by atoms with Crippen LogP contribution in [0.3, 0.4) is 0 Å². The zero-order chi connectivity index (χ0) is 22.8. The molecule has 0 heterocycles. The van der Waals surface area contributed by atoms with E-state index >= 15 is 0 Å². The van der Waals surface area contributed by atoms with E-state index in [2.05, 4.69) is 21.8 Å². The summed E-state index contributed by atoms with van der Waals surface area (Å²) in [5, 5.41) is 7.00. The number of rotatable bonds is 9. The minimum Gasteiger partial charge on any atom is -0.493 e. The van der Waals surface area contributed by atoms with Crippen LogP contribution in [0.4, 0.5) is 0 Å². The predicted molar refractivity (Wildman–Crippen MR) is 121 cm³/mol. The summed E-state index contributed by atoms with van der Waals surface area (Å²) in [6.45, 7) is 3.68. The molecule has 162 valence electrons. The molecule has 0 aliphatic carbocycles. The SMILES string of the molecule is C#CCOc1c(/C=N/NC(=O)C(NC(=O)c2ccccc2Cl)C(C)C)cccc1OC. The van der Waals surface area contributed by atoms with Crippen LogP contribution in [-0.4, -0.2) is 37.8 Å². The van der Waals surface area contributed by atoms with E-state index in [1.165, 1.54) is 13.3 Å². The van der Waals surface area contributed by atoms with Crippen LogP contribution in [0, 0.1) is 18.3 Å². The molecule has 7 nitrogen and oxygen atoms in total. The molecule has 31 heavy (non-hydrogen) atoms. The van der Waals surface area contributed by atoms with E-state index in [0.717, 1.165) is 0 Å². The first kappa shape index (κ1) is 23.8. The summed E-state index contributed by atoms with van der Waals surface area (Å²) in [4.78, 5) is 25.2. The first-order valence-corrected chi connectivity index (χ1v) is 9.88. The lowest BCUT2D eigenvalue weighted by Gasteiger charge is -2.20. The van der Waals surface area contributed by atoms with E-state index in [1.807, 2.05) is 13.8 Å². The lowest BCUT2D eigenvalue weighted by Crippen LogP contribution is -2.48. The summed E-state index contributed by atoms with van der Waals surface area (Å²) in [5.74, 6) is 2.18. The average Bonchev–Trinajstić information content (AvgIpc) is 2.76. The van der Waals surface area contributed by atoms with Crippen LogP contribution in [0.25, 0.3) is 0 Å². The third kappa shape index (κ3) is 6.49. The molecule has 2 rings (SSSR count). The van der Waals surface area contributed by atoms with Crippen molar-refractivity contribution in [3.63, 3.8) is 0 Å². The highest BCUT2D eigenvalue weighted by Gasteiger charge is 2.25. The highest BCUT2D eigenvalue weighted by atomic mass is 35.5. The van der Waals surface area contributed by atoms with Gasteiger partial charge in [-0.05, 0) is 30.2 Å². The zero-order valence-electron chi connectivity index (χ0n) is 17.5. The van der Waals surface area contributed by atoms with E-state index in [0.29, 0.717) is 22.1 Å². The second kappa shape index (κ2) is 11.6. The maximum atomic E-state index is 12.7. The number of halogens is 1. The van der Waals surface area contributed by atoms with Gasteiger partial charge in [0.25, 0.3) is 11.8 Å². The maximum Gasteiger partial charge on any atom is 0.262 e. The van der Waals surface area contributed by atoms with Crippen molar-refractivity contribution in [1.82, 2.24) is 10.7 Å². The minimum atomic E-state index is -0.816. The van der Waals surface area contributed by atoms with Crippen molar-refractivity contribution in [2.45, 2.75) is 19.9 Å². The summed E-state index contributed by atoms with van der Waals surface area (Å²) in [5.41, 5.74) is 3.31. The number of ether oxygens (including phenoxy) is 2. The van der Waals surface area contributed by atoms with Crippen molar-refractivity contribution in [1.29, 1.82) is 0 Å².